The van der Waals surface area contributed by atoms with Crippen molar-refractivity contribution in [2.24, 2.45) is 0 Å². The number of halogens is 2. The van der Waals surface area contributed by atoms with Gasteiger partial charge in [-0.05, 0) is 40.0 Å². The average molecular weight is 464 g/mol. The second-order valence-corrected chi connectivity index (χ2v) is 8.82. The number of aromatic nitrogens is 7. The van der Waals surface area contributed by atoms with E-state index in [1.807, 2.05) is 48.5 Å². The molecule has 0 unspecified atom stereocenters. The highest BCUT2D eigenvalue weighted by molar-refractivity contribution is 5.80. The molecular weight excluding hydrogens is 436 g/mol. The molecule has 4 aromatic rings. The molecule has 34 heavy (non-hydrogen) atoms. The van der Waals surface area contributed by atoms with Gasteiger partial charge < -0.3 is 0 Å². The number of rotatable bonds is 7. The number of alkyl halides is 2. The van der Waals surface area contributed by atoms with E-state index in [-0.39, 0.29) is 18.3 Å². The van der Waals surface area contributed by atoms with Gasteiger partial charge in [0.25, 0.3) is 0 Å². The normalized spacial score (nSPS) is 15.0. The number of hydrogen-bond acceptors (Lipinski definition) is 5. The van der Waals surface area contributed by atoms with Gasteiger partial charge in [0.1, 0.15) is 5.82 Å². The number of aromatic amines is 1. The lowest BCUT2D eigenvalue weighted by Crippen LogP contribution is -2.18. The van der Waals surface area contributed by atoms with E-state index in [0.717, 1.165) is 47.9 Å². The minimum atomic E-state index is -3.02. The molecule has 0 aliphatic heterocycles. The minimum absolute atomic E-state index is 0.138. The van der Waals surface area contributed by atoms with Crippen LogP contribution >= 0.6 is 0 Å². The Morgan fingerprint density at radius 2 is 1.74 bits per heavy atom. The lowest BCUT2D eigenvalue weighted by Gasteiger charge is -2.23. The van der Waals surface area contributed by atoms with Crippen LogP contribution in [-0.4, -0.2) is 35.4 Å². The fourth-order valence-electron chi connectivity index (χ4n) is 4.61. The number of nitrogens with one attached hydrogen (secondary N) is 1. The molecule has 7 nitrogen and oxygen atoms in total. The first-order valence-corrected chi connectivity index (χ1v) is 11.8. The smallest absolute Gasteiger partial charge is 0.246 e. The van der Waals surface area contributed by atoms with Gasteiger partial charge in [0, 0.05) is 18.4 Å². The number of H-pyrrole nitrogens is 1. The maximum atomic E-state index is 14.4. The zero-order valence-electron chi connectivity index (χ0n) is 19.1. The molecular formula is C25H27F2N7. The maximum absolute atomic E-state index is 14.4. The van der Waals surface area contributed by atoms with Crippen LogP contribution in [0.15, 0.2) is 48.5 Å². The molecule has 1 aliphatic carbocycles. The molecule has 0 radical (unpaired) electrons. The standard InChI is InChI=1S/C25H27F2N7/c1-2-25(26,27)24-28-22(34(31-24)19-8-4-3-5-9-19)16-17-12-14-18(15-13-17)20-10-6-7-11-21(20)23-29-32-33-30-23/h6-7,10-15,19H,2-5,8-9,16H2,1H3,(H,29,30,32,33). The summed E-state index contributed by atoms with van der Waals surface area (Å²) in [5, 5.41) is 18.5. The Balaban J connectivity index is 1.43. The van der Waals surface area contributed by atoms with Crippen LogP contribution < -0.4 is 0 Å². The van der Waals surface area contributed by atoms with E-state index in [1.54, 1.807) is 4.68 Å². The first kappa shape index (κ1) is 22.3. The van der Waals surface area contributed by atoms with Crippen LogP contribution in [0.1, 0.15) is 68.7 Å². The van der Waals surface area contributed by atoms with E-state index < -0.39 is 5.92 Å². The fraction of sp³-hybridized carbons (Fsp3) is 0.400. The summed E-state index contributed by atoms with van der Waals surface area (Å²) < 4.78 is 30.6. The molecule has 0 spiro atoms. The molecule has 5 rings (SSSR count). The van der Waals surface area contributed by atoms with Gasteiger partial charge in [0.05, 0.1) is 6.04 Å². The summed E-state index contributed by atoms with van der Waals surface area (Å²) in [5.74, 6) is -2.17. The third-order valence-corrected chi connectivity index (χ3v) is 6.55. The highest BCUT2D eigenvalue weighted by Gasteiger charge is 2.36. The van der Waals surface area contributed by atoms with Gasteiger partial charge in [0.15, 0.2) is 5.82 Å². The Hall–Kier alpha value is -3.49. The monoisotopic (exact) mass is 463 g/mol. The Kier molecular flexibility index (Phi) is 6.17. The van der Waals surface area contributed by atoms with E-state index >= 15 is 0 Å². The van der Waals surface area contributed by atoms with E-state index in [4.69, 9.17) is 0 Å². The molecule has 1 saturated carbocycles. The summed E-state index contributed by atoms with van der Waals surface area (Å²) in [5.41, 5.74) is 3.92. The summed E-state index contributed by atoms with van der Waals surface area (Å²) in [6, 6.07) is 16.1. The van der Waals surface area contributed by atoms with Gasteiger partial charge in [0.2, 0.25) is 5.82 Å². The molecule has 2 heterocycles. The van der Waals surface area contributed by atoms with Crippen molar-refractivity contribution in [1.29, 1.82) is 0 Å². The Morgan fingerprint density at radius 3 is 2.41 bits per heavy atom. The highest BCUT2D eigenvalue weighted by Crippen LogP contribution is 2.34. The summed E-state index contributed by atoms with van der Waals surface area (Å²) >= 11 is 0. The van der Waals surface area contributed by atoms with Crippen molar-refractivity contribution in [3.63, 3.8) is 0 Å². The van der Waals surface area contributed by atoms with Crippen LogP contribution in [0.5, 0.6) is 0 Å². The van der Waals surface area contributed by atoms with Crippen molar-refractivity contribution in [2.75, 3.05) is 0 Å². The van der Waals surface area contributed by atoms with Gasteiger partial charge in [-0.2, -0.15) is 8.78 Å². The molecule has 0 amide bonds. The van der Waals surface area contributed by atoms with Crippen molar-refractivity contribution in [3.05, 3.63) is 65.7 Å². The summed E-state index contributed by atoms with van der Waals surface area (Å²) in [7, 11) is 0. The third kappa shape index (κ3) is 4.47. The molecule has 1 aliphatic rings. The molecule has 1 fully saturated rings. The molecule has 9 heteroatoms. The zero-order valence-corrected chi connectivity index (χ0v) is 19.1. The Morgan fingerprint density at radius 1 is 1.00 bits per heavy atom. The molecule has 1 N–H and O–H groups in total. The van der Waals surface area contributed by atoms with Gasteiger partial charge in [-0.15, -0.1) is 10.2 Å². The van der Waals surface area contributed by atoms with Gasteiger partial charge in [-0.25, -0.2) is 14.8 Å². The lowest BCUT2D eigenvalue weighted by molar-refractivity contribution is -0.0179. The predicted molar refractivity (Wildman–Crippen MR) is 124 cm³/mol. The Labute approximate surface area is 196 Å². The van der Waals surface area contributed by atoms with Crippen LogP contribution in [0.4, 0.5) is 8.78 Å². The zero-order chi connectivity index (χ0) is 23.5. The van der Waals surface area contributed by atoms with Crippen LogP contribution in [0, 0.1) is 0 Å². The molecule has 0 saturated heterocycles. The molecule has 2 aromatic heterocycles. The fourth-order valence-corrected chi connectivity index (χ4v) is 4.61. The van der Waals surface area contributed by atoms with Crippen molar-refractivity contribution < 1.29 is 8.78 Å². The van der Waals surface area contributed by atoms with Crippen molar-refractivity contribution >= 4 is 0 Å². The van der Waals surface area contributed by atoms with Crippen molar-refractivity contribution in [3.8, 4) is 22.5 Å². The van der Waals surface area contributed by atoms with Gasteiger partial charge >= 0.3 is 5.92 Å². The summed E-state index contributed by atoms with van der Waals surface area (Å²) in [4.78, 5) is 4.33. The lowest BCUT2D eigenvalue weighted by atomic mass is 9.95. The summed E-state index contributed by atoms with van der Waals surface area (Å²) in [6.07, 6.45) is 5.44. The highest BCUT2D eigenvalue weighted by atomic mass is 19.3. The van der Waals surface area contributed by atoms with E-state index in [2.05, 4.69) is 30.7 Å². The van der Waals surface area contributed by atoms with Crippen LogP contribution in [0.25, 0.3) is 22.5 Å². The second kappa shape index (κ2) is 9.40. The first-order chi connectivity index (χ1) is 16.5. The predicted octanol–water partition coefficient (Wildman–Crippen LogP) is 5.72. The molecule has 2 aromatic carbocycles. The second-order valence-electron chi connectivity index (χ2n) is 8.82. The quantitative estimate of drug-likeness (QED) is 0.379. The van der Waals surface area contributed by atoms with Crippen LogP contribution in [-0.2, 0) is 12.3 Å². The Bertz CT molecular complexity index is 1230. The number of tetrazole rings is 1. The van der Waals surface area contributed by atoms with E-state index in [1.165, 1.54) is 13.3 Å². The average Bonchev–Trinajstić information content (AvgIpc) is 3.56. The minimum Gasteiger partial charge on any atom is -0.246 e. The topological polar surface area (TPSA) is 85.2 Å². The third-order valence-electron chi connectivity index (χ3n) is 6.55. The van der Waals surface area contributed by atoms with E-state index in [0.29, 0.717) is 18.1 Å². The van der Waals surface area contributed by atoms with E-state index in [9.17, 15) is 8.78 Å². The van der Waals surface area contributed by atoms with Gasteiger partial charge in [-0.1, -0.05) is 74.7 Å². The molecule has 0 atom stereocenters. The number of nitrogens with zero attached hydrogens (tertiary/aromatic N) is 6. The van der Waals surface area contributed by atoms with Crippen molar-refractivity contribution in [2.45, 2.75) is 63.8 Å². The van der Waals surface area contributed by atoms with Crippen molar-refractivity contribution in [1.82, 2.24) is 35.4 Å². The SMILES string of the molecule is CCC(F)(F)c1nc(Cc2ccc(-c3ccccc3-c3nnn[nH]3)cc2)n(C2CCCCC2)n1. The summed E-state index contributed by atoms with van der Waals surface area (Å²) in [6.45, 7) is 1.46. The van der Waals surface area contributed by atoms with Crippen LogP contribution in [0.2, 0.25) is 0 Å². The van der Waals surface area contributed by atoms with Crippen LogP contribution in [0.3, 0.4) is 0 Å². The van der Waals surface area contributed by atoms with Gasteiger partial charge in [-0.3, -0.25) is 0 Å². The maximum Gasteiger partial charge on any atom is 0.308 e. The largest absolute Gasteiger partial charge is 0.308 e. The molecule has 0 bridgehead atoms. The first-order valence-electron chi connectivity index (χ1n) is 11.8. The number of hydrogen-bond donors (Lipinski definition) is 1. The number of benzene rings is 2. The molecule has 176 valence electrons.